The quantitative estimate of drug-likeness (QED) is 0.736. The SMILES string of the molecule is COc1ccccc1CNC(=O)C1CCN(CC(=O)Nc2ccc(C)c(C)c2)CC1. The third-order valence-electron chi connectivity index (χ3n) is 5.76. The van der Waals surface area contributed by atoms with Crippen LogP contribution in [0.1, 0.15) is 29.5 Å². The third kappa shape index (κ3) is 5.83. The third-order valence-corrected chi connectivity index (χ3v) is 5.76. The number of nitrogens with one attached hydrogen (secondary N) is 2. The molecule has 0 spiro atoms. The predicted octanol–water partition coefficient (Wildman–Crippen LogP) is 3.28. The number of para-hydroxylation sites is 1. The summed E-state index contributed by atoms with van der Waals surface area (Å²) in [5.74, 6) is 0.818. The number of anilines is 1. The fraction of sp³-hybridized carbons (Fsp3) is 0.417. The first-order valence-corrected chi connectivity index (χ1v) is 10.5. The molecule has 30 heavy (non-hydrogen) atoms. The molecule has 3 rings (SSSR count). The zero-order valence-corrected chi connectivity index (χ0v) is 18.0. The predicted molar refractivity (Wildman–Crippen MR) is 119 cm³/mol. The Labute approximate surface area is 178 Å². The molecule has 2 aromatic carbocycles. The van der Waals surface area contributed by atoms with Gasteiger partial charge in [-0.15, -0.1) is 0 Å². The smallest absolute Gasteiger partial charge is 0.238 e. The van der Waals surface area contributed by atoms with Crippen LogP contribution in [-0.4, -0.2) is 43.5 Å². The molecular formula is C24H31N3O3. The van der Waals surface area contributed by atoms with Gasteiger partial charge in [-0.1, -0.05) is 24.3 Å². The van der Waals surface area contributed by atoms with E-state index < -0.39 is 0 Å². The summed E-state index contributed by atoms with van der Waals surface area (Å²) in [6.45, 7) is 6.39. The maximum absolute atomic E-state index is 12.6. The Morgan fingerprint density at radius 2 is 1.80 bits per heavy atom. The first kappa shape index (κ1) is 21.8. The average Bonchev–Trinajstić information content (AvgIpc) is 2.75. The molecule has 0 atom stereocenters. The standard InChI is InChI=1S/C24H31N3O3/c1-17-8-9-21(14-18(17)2)26-23(28)16-27-12-10-19(11-13-27)24(29)25-15-20-6-4-5-7-22(20)30-3/h4-9,14,19H,10-13,15-16H2,1-3H3,(H,25,29)(H,26,28). The second-order valence-electron chi connectivity index (χ2n) is 7.93. The Kier molecular flexibility index (Phi) is 7.46. The van der Waals surface area contributed by atoms with E-state index >= 15 is 0 Å². The largest absolute Gasteiger partial charge is 0.496 e. The van der Waals surface area contributed by atoms with Gasteiger partial charge in [0.2, 0.25) is 11.8 Å². The van der Waals surface area contributed by atoms with Crippen LogP contribution in [0.3, 0.4) is 0 Å². The average molecular weight is 410 g/mol. The van der Waals surface area contributed by atoms with Gasteiger partial charge < -0.3 is 15.4 Å². The minimum atomic E-state index is -0.0164. The second-order valence-corrected chi connectivity index (χ2v) is 7.93. The highest BCUT2D eigenvalue weighted by Gasteiger charge is 2.26. The number of likely N-dealkylation sites (tertiary alicyclic amines) is 1. The topological polar surface area (TPSA) is 70.7 Å². The summed E-state index contributed by atoms with van der Waals surface area (Å²) in [5, 5.41) is 5.99. The lowest BCUT2D eigenvalue weighted by molar-refractivity contribution is -0.126. The highest BCUT2D eigenvalue weighted by atomic mass is 16.5. The molecular weight excluding hydrogens is 378 g/mol. The molecule has 2 amide bonds. The maximum Gasteiger partial charge on any atom is 0.238 e. The Balaban J connectivity index is 1.42. The molecule has 160 valence electrons. The van der Waals surface area contributed by atoms with E-state index in [2.05, 4.69) is 22.5 Å². The van der Waals surface area contributed by atoms with Crippen molar-refractivity contribution in [2.75, 3.05) is 32.1 Å². The maximum atomic E-state index is 12.6. The van der Waals surface area contributed by atoms with Crippen LogP contribution >= 0.6 is 0 Å². The fourth-order valence-corrected chi connectivity index (χ4v) is 3.75. The lowest BCUT2D eigenvalue weighted by Crippen LogP contribution is -2.43. The second kappa shape index (κ2) is 10.3. The minimum Gasteiger partial charge on any atom is -0.496 e. The van der Waals surface area contributed by atoms with Crippen LogP contribution in [0.25, 0.3) is 0 Å². The molecule has 1 heterocycles. The van der Waals surface area contributed by atoms with Crippen LogP contribution in [0.15, 0.2) is 42.5 Å². The molecule has 2 aromatic rings. The van der Waals surface area contributed by atoms with E-state index in [9.17, 15) is 9.59 Å². The van der Waals surface area contributed by atoms with E-state index in [-0.39, 0.29) is 17.7 Å². The van der Waals surface area contributed by atoms with Crippen molar-refractivity contribution in [3.8, 4) is 5.75 Å². The minimum absolute atomic E-state index is 0.0150. The zero-order valence-electron chi connectivity index (χ0n) is 18.0. The van der Waals surface area contributed by atoms with Crippen molar-refractivity contribution in [1.82, 2.24) is 10.2 Å². The number of ether oxygens (including phenoxy) is 1. The lowest BCUT2D eigenvalue weighted by Gasteiger charge is -2.30. The highest BCUT2D eigenvalue weighted by molar-refractivity contribution is 5.92. The first-order chi connectivity index (χ1) is 14.5. The van der Waals surface area contributed by atoms with Gasteiger partial charge in [0.1, 0.15) is 5.75 Å². The van der Waals surface area contributed by atoms with Crippen molar-refractivity contribution in [3.05, 3.63) is 59.2 Å². The number of rotatable bonds is 7. The van der Waals surface area contributed by atoms with Crippen molar-refractivity contribution in [2.24, 2.45) is 5.92 Å². The summed E-state index contributed by atoms with van der Waals surface area (Å²) in [6.07, 6.45) is 1.52. The number of amides is 2. The Hall–Kier alpha value is -2.86. The lowest BCUT2D eigenvalue weighted by atomic mass is 9.95. The van der Waals surface area contributed by atoms with E-state index in [0.717, 1.165) is 48.5 Å². The van der Waals surface area contributed by atoms with Crippen LogP contribution in [0.4, 0.5) is 5.69 Å². The normalized spacial score (nSPS) is 14.9. The van der Waals surface area contributed by atoms with Crippen LogP contribution in [-0.2, 0) is 16.1 Å². The summed E-state index contributed by atoms with van der Waals surface area (Å²) < 4.78 is 5.33. The molecule has 1 saturated heterocycles. The molecule has 0 aromatic heterocycles. The summed E-state index contributed by atoms with van der Waals surface area (Å²) in [5.41, 5.74) is 4.16. The summed E-state index contributed by atoms with van der Waals surface area (Å²) >= 11 is 0. The molecule has 0 aliphatic carbocycles. The van der Waals surface area contributed by atoms with E-state index in [0.29, 0.717) is 13.1 Å². The van der Waals surface area contributed by atoms with Gasteiger partial charge >= 0.3 is 0 Å². The van der Waals surface area contributed by atoms with Gasteiger partial charge in [-0.2, -0.15) is 0 Å². The Morgan fingerprint density at radius 3 is 2.50 bits per heavy atom. The number of nitrogens with zero attached hydrogens (tertiary/aromatic N) is 1. The molecule has 0 bridgehead atoms. The first-order valence-electron chi connectivity index (χ1n) is 10.5. The van der Waals surface area contributed by atoms with Gasteiger partial charge in [0.25, 0.3) is 0 Å². The number of methoxy groups -OCH3 is 1. The Bertz CT molecular complexity index is 889. The summed E-state index contributed by atoms with van der Waals surface area (Å²) in [7, 11) is 1.63. The molecule has 0 unspecified atom stereocenters. The number of piperidine rings is 1. The number of carbonyl (C=O) groups is 2. The van der Waals surface area contributed by atoms with Gasteiger partial charge in [-0.3, -0.25) is 14.5 Å². The molecule has 1 aliphatic rings. The number of benzene rings is 2. The molecule has 1 aliphatic heterocycles. The van der Waals surface area contributed by atoms with Crippen molar-refractivity contribution >= 4 is 17.5 Å². The van der Waals surface area contributed by atoms with Crippen molar-refractivity contribution < 1.29 is 14.3 Å². The van der Waals surface area contributed by atoms with Crippen LogP contribution in [0.5, 0.6) is 5.75 Å². The highest BCUT2D eigenvalue weighted by Crippen LogP contribution is 2.20. The van der Waals surface area contributed by atoms with E-state index in [1.807, 2.05) is 49.4 Å². The van der Waals surface area contributed by atoms with Crippen molar-refractivity contribution in [1.29, 1.82) is 0 Å². The summed E-state index contributed by atoms with van der Waals surface area (Å²) in [6, 6.07) is 13.6. The molecule has 1 fully saturated rings. The molecule has 0 saturated carbocycles. The molecule has 6 nitrogen and oxygen atoms in total. The van der Waals surface area contributed by atoms with Crippen LogP contribution in [0.2, 0.25) is 0 Å². The van der Waals surface area contributed by atoms with Crippen molar-refractivity contribution in [3.63, 3.8) is 0 Å². The van der Waals surface area contributed by atoms with E-state index in [4.69, 9.17) is 4.74 Å². The molecule has 0 radical (unpaired) electrons. The molecule has 6 heteroatoms. The van der Waals surface area contributed by atoms with Crippen LogP contribution < -0.4 is 15.4 Å². The molecule has 2 N–H and O–H groups in total. The fourth-order valence-electron chi connectivity index (χ4n) is 3.75. The van der Waals surface area contributed by atoms with Gasteiger partial charge in [0.15, 0.2) is 0 Å². The van der Waals surface area contributed by atoms with Gasteiger partial charge in [0, 0.05) is 23.7 Å². The van der Waals surface area contributed by atoms with E-state index in [1.165, 1.54) is 5.56 Å². The van der Waals surface area contributed by atoms with Crippen LogP contribution in [0, 0.1) is 19.8 Å². The monoisotopic (exact) mass is 409 g/mol. The number of aryl methyl sites for hydroxylation is 2. The van der Waals surface area contributed by atoms with Crippen molar-refractivity contribution in [2.45, 2.75) is 33.2 Å². The zero-order chi connectivity index (χ0) is 21.5. The van der Waals surface area contributed by atoms with Gasteiger partial charge in [-0.25, -0.2) is 0 Å². The van der Waals surface area contributed by atoms with E-state index in [1.54, 1.807) is 7.11 Å². The number of carbonyl (C=O) groups excluding carboxylic acids is 2. The number of hydrogen-bond donors (Lipinski definition) is 2. The Morgan fingerprint density at radius 1 is 1.07 bits per heavy atom. The summed E-state index contributed by atoms with van der Waals surface area (Å²) in [4.78, 5) is 27.0. The number of hydrogen-bond acceptors (Lipinski definition) is 4. The van der Waals surface area contributed by atoms with Gasteiger partial charge in [-0.05, 0) is 69.1 Å². The van der Waals surface area contributed by atoms with Gasteiger partial charge in [0.05, 0.1) is 13.7 Å².